The van der Waals surface area contributed by atoms with Crippen LogP contribution in [-0.4, -0.2) is 20.6 Å². The SMILES string of the molecule is Cc1nc(Cn2cccc2C(=O)O)cs1. The lowest BCUT2D eigenvalue weighted by molar-refractivity contribution is 0.0685. The van der Waals surface area contributed by atoms with Crippen molar-refractivity contribution < 1.29 is 9.90 Å². The summed E-state index contributed by atoms with van der Waals surface area (Å²) in [6.07, 6.45) is 1.75. The fraction of sp³-hybridized carbons (Fsp3) is 0.200. The fourth-order valence-electron chi connectivity index (χ4n) is 1.40. The molecule has 0 saturated carbocycles. The zero-order chi connectivity index (χ0) is 10.8. The van der Waals surface area contributed by atoms with Crippen LogP contribution in [0.1, 0.15) is 21.2 Å². The summed E-state index contributed by atoms with van der Waals surface area (Å²) >= 11 is 1.57. The zero-order valence-corrected chi connectivity index (χ0v) is 8.99. The second-order valence-corrected chi connectivity index (χ2v) is 4.25. The maximum atomic E-state index is 10.8. The first kappa shape index (κ1) is 9.92. The Morgan fingerprint density at radius 1 is 1.67 bits per heavy atom. The highest BCUT2D eigenvalue weighted by molar-refractivity contribution is 7.09. The third kappa shape index (κ3) is 2.07. The number of aryl methyl sites for hydroxylation is 1. The van der Waals surface area contributed by atoms with Gasteiger partial charge in [0.25, 0.3) is 0 Å². The number of hydrogen-bond donors (Lipinski definition) is 1. The van der Waals surface area contributed by atoms with E-state index < -0.39 is 5.97 Å². The minimum absolute atomic E-state index is 0.292. The van der Waals surface area contributed by atoms with Crippen molar-refractivity contribution >= 4 is 17.3 Å². The van der Waals surface area contributed by atoms with Crippen LogP contribution in [0.2, 0.25) is 0 Å². The summed E-state index contributed by atoms with van der Waals surface area (Å²) < 4.78 is 1.68. The van der Waals surface area contributed by atoms with E-state index in [2.05, 4.69) is 4.98 Å². The Kier molecular flexibility index (Phi) is 2.55. The lowest BCUT2D eigenvalue weighted by Crippen LogP contribution is -2.08. The Hall–Kier alpha value is -1.62. The van der Waals surface area contributed by atoms with Gasteiger partial charge in [-0.2, -0.15) is 0 Å². The Balaban J connectivity index is 2.24. The van der Waals surface area contributed by atoms with E-state index in [1.807, 2.05) is 12.3 Å². The molecule has 0 saturated heterocycles. The molecule has 0 amide bonds. The number of nitrogens with zero attached hydrogens (tertiary/aromatic N) is 2. The minimum atomic E-state index is -0.910. The number of aromatic carboxylic acids is 1. The molecular formula is C10H10N2O2S. The van der Waals surface area contributed by atoms with Crippen LogP contribution < -0.4 is 0 Å². The molecule has 0 spiro atoms. The van der Waals surface area contributed by atoms with Gasteiger partial charge in [0.05, 0.1) is 17.2 Å². The summed E-state index contributed by atoms with van der Waals surface area (Å²) in [5.41, 5.74) is 1.19. The fourth-order valence-corrected chi connectivity index (χ4v) is 2.01. The van der Waals surface area contributed by atoms with E-state index in [1.54, 1.807) is 34.2 Å². The highest BCUT2D eigenvalue weighted by Gasteiger charge is 2.09. The van der Waals surface area contributed by atoms with Crippen LogP contribution in [0.25, 0.3) is 0 Å². The van der Waals surface area contributed by atoms with Crippen molar-refractivity contribution in [2.45, 2.75) is 13.5 Å². The average molecular weight is 222 g/mol. The van der Waals surface area contributed by atoms with Gasteiger partial charge in [0.1, 0.15) is 5.69 Å². The molecule has 2 aromatic heterocycles. The van der Waals surface area contributed by atoms with Gasteiger partial charge >= 0.3 is 5.97 Å². The Labute approximate surface area is 90.8 Å². The van der Waals surface area contributed by atoms with Gasteiger partial charge in [-0.3, -0.25) is 0 Å². The van der Waals surface area contributed by atoms with Gasteiger partial charge in [0, 0.05) is 11.6 Å². The van der Waals surface area contributed by atoms with Crippen molar-refractivity contribution in [3.8, 4) is 0 Å². The van der Waals surface area contributed by atoms with Gasteiger partial charge in [0.15, 0.2) is 0 Å². The lowest BCUT2D eigenvalue weighted by atomic mass is 10.4. The van der Waals surface area contributed by atoms with E-state index in [0.29, 0.717) is 12.2 Å². The predicted molar refractivity (Wildman–Crippen MR) is 57.3 cm³/mol. The number of hydrogen-bond acceptors (Lipinski definition) is 3. The van der Waals surface area contributed by atoms with Crippen LogP contribution in [0.4, 0.5) is 0 Å². The summed E-state index contributed by atoms with van der Waals surface area (Å²) in [7, 11) is 0. The summed E-state index contributed by atoms with van der Waals surface area (Å²) in [5, 5.41) is 11.8. The number of aromatic nitrogens is 2. The number of carbonyl (C=O) groups is 1. The highest BCUT2D eigenvalue weighted by atomic mass is 32.1. The predicted octanol–water partition coefficient (Wildman–Crippen LogP) is 2.00. The molecule has 0 aliphatic rings. The normalized spacial score (nSPS) is 10.5. The maximum Gasteiger partial charge on any atom is 0.352 e. The zero-order valence-electron chi connectivity index (χ0n) is 8.17. The average Bonchev–Trinajstić information content (AvgIpc) is 2.75. The van der Waals surface area contributed by atoms with Crippen molar-refractivity contribution in [2.75, 3.05) is 0 Å². The smallest absolute Gasteiger partial charge is 0.352 e. The molecule has 5 heteroatoms. The van der Waals surface area contributed by atoms with E-state index in [4.69, 9.17) is 5.11 Å². The highest BCUT2D eigenvalue weighted by Crippen LogP contribution is 2.11. The Bertz CT molecular complexity index is 487. The van der Waals surface area contributed by atoms with Gasteiger partial charge in [-0.05, 0) is 19.1 Å². The van der Waals surface area contributed by atoms with E-state index in [1.165, 1.54) is 0 Å². The monoisotopic (exact) mass is 222 g/mol. The maximum absolute atomic E-state index is 10.8. The van der Waals surface area contributed by atoms with Gasteiger partial charge in [-0.15, -0.1) is 11.3 Å². The first-order chi connectivity index (χ1) is 7.16. The third-order valence-corrected chi connectivity index (χ3v) is 2.87. The van der Waals surface area contributed by atoms with Gasteiger partial charge < -0.3 is 9.67 Å². The first-order valence-electron chi connectivity index (χ1n) is 4.46. The van der Waals surface area contributed by atoms with Crippen molar-refractivity contribution in [3.05, 3.63) is 40.1 Å². The number of thiazole rings is 1. The second-order valence-electron chi connectivity index (χ2n) is 3.18. The number of carboxylic acids is 1. The van der Waals surface area contributed by atoms with Crippen LogP contribution in [0.3, 0.4) is 0 Å². The number of carboxylic acid groups (broad SMARTS) is 1. The molecule has 0 aliphatic carbocycles. The van der Waals surface area contributed by atoms with Crippen LogP contribution in [-0.2, 0) is 6.54 Å². The lowest BCUT2D eigenvalue weighted by Gasteiger charge is -2.02. The minimum Gasteiger partial charge on any atom is -0.477 e. The molecule has 2 heterocycles. The summed E-state index contributed by atoms with van der Waals surface area (Å²) in [5.74, 6) is -0.910. The molecule has 78 valence electrons. The quantitative estimate of drug-likeness (QED) is 0.864. The van der Waals surface area contributed by atoms with Crippen molar-refractivity contribution in [2.24, 2.45) is 0 Å². The largest absolute Gasteiger partial charge is 0.477 e. The van der Waals surface area contributed by atoms with E-state index in [-0.39, 0.29) is 0 Å². The molecule has 1 N–H and O–H groups in total. The second kappa shape index (κ2) is 3.86. The van der Waals surface area contributed by atoms with Crippen molar-refractivity contribution in [1.82, 2.24) is 9.55 Å². The van der Waals surface area contributed by atoms with Gasteiger partial charge in [0.2, 0.25) is 0 Å². The molecule has 0 aromatic carbocycles. The van der Waals surface area contributed by atoms with Crippen LogP contribution in [0, 0.1) is 6.92 Å². The molecule has 0 radical (unpaired) electrons. The summed E-state index contributed by atoms with van der Waals surface area (Å²) in [6, 6.07) is 3.31. The summed E-state index contributed by atoms with van der Waals surface area (Å²) in [4.78, 5) is 15.1. The van der Waals surface area contributed by atoms with Gasteiger partial charge in [-0.1, -0.05) is 0 Å². The molecule has 0 fully saturated rings. The molecular weight excluding hydrogens is 212 g/mol. The molecule has 0 aliphatic heterocycles. The molecule has 0 unspecified atom stereocenters. The van der Waals surface area contributed by atoms with E-state index >= 15 is 0 Å². The standard InChI is InChI=1S/C10H10N2O2S/c1-7-11-8(6-15-7)5-12-4-2-3-9(12)10(13)14/h2-4,6H,5H2,1H3,(H,13,14). The van der Waals surface area contributed by atoms with E-state index in [9.17, 15) is 4.79 Å². The van der Waals surface area contributed by atoms with Crippen LogP contribution in [0.15, 0.2) is 23.7 Å². The van der Waals surface area contributed by atoms with E-state index in [0.717, 1.165) is 10.7 Å². The van der Waals surface area contributed by atoms with Crippen LogP contribution in [0.5, 0.6) is 0 Å². The molecule has 2 rings (SSSR count). The Morgan fingerprint density at radius 2 is 2.47 bits per heavy atom. The number of rotatable bonds is 3. The van der Waals surface area contributed by atoms with Crippen molar-refractivity contribution in [1.29, 1.82) is 0 Å². The first-order valence-corrected chi connectivity index (χ1v) is 5.34. The molecule has 15 heavy (non-hydrogen) atoms. The van der Waals surface area contributed by atoms with Crippen LogP contribution >= 0.6 is 11.3 Å². The topological polar surface area (TPSA) is 55.1 Å². The third-order valence-electron chi connectivity index (χ3n) is 2.05. The molecule has 0 atom stereocenters. The van der Waals surface area contributed by atoms with Crippen molar-refractivity contribution in [3.63, 3.8) is 0 Å². The Morgan fingerprint density at radius 3 is 3.07 bits per heavy atom. The van der Waals surface area contributed by atoms with Gasteiger partial charge in [-0.25, -0.2) is 9.78 Å². The summed E-state index contributed by atoms with van der Waals surface area (Å²) in [6.45, 7) is 2.45. The molecule has 4 nitrogen and oxygen atoms in total. The molecule has 0 bridgehead atoms. The molecule has 2 aromatic rings.